The molecule has 0 amide bonds. The first-order valence-electron chi connectivity index (χ1n) is 19.0. The van der Waals surface area contributed by atoms with Crippen LogP contribution in [-0.4, -0.2) is 0 Å². The van der Waals surface area contributed by atoms with Gasteiger partial charge in [-0.15, -0.1) is 47.0 Å². The van der Waals surface area contributed by atoms with Crippen molar-refractivity contribution in [2.75, 3.05) is 0 Å². The third-order valence-corrected chi connectivity index (χ3v) is 14.5. The van der Waals surface area contributed by atoms with Crippen molar-refractivity contribution >= 4 is 47.0 Å². The van der Waals surface area contributed by atoms with E-state index < -0.39 is 0 Å². The van der Waals surface area contributed by atoms with Crippen LogP contribution in [-0.2, 0) is 23.0 Å². The van der Waals surface area contributed by atoms with Gasteiger partial charge >= 0.3 is 0 Å². The van der Waals surface area contributed by atoms with Crippen molar-refractivity contribution in [2.24, 2.45) is 0 Å². The van der Waals surface area contributed by atoms with Crippen molar-refractivity contribution in [1.82, 2.24) is 0 Å². The van der Waals surface area contributed by atoms with Gasteiger partial charge in [0, 0.05) is 42.6 Å². The van der Waals surface area contributed by atoms with Gasteiger partial charge < -0.3 is 0 Å². The quantitative estimate of drug-likeness (QED) is 0.150. The van der Waals surface area contributed by atoms with Crippen LogP contribution in [0.25, 0.3) is 44.5 Å². The molecule has 10 heterocycles. The molecule has 0 fully saturated rings. The monoisotopic (exact) mass is 792 g/mol. The highest BCUT2D eigenvalue weighted by Crippen LogP contribution is 2.37. The van der Waals surface area contributed by atoms with Gasteiger partial charge in [-0.1, -0.05) is 146 Å². The fourth-order valence-electron chi connectivity index (χ4n) is 7.03. The smallest absolute Gasteiger partial charge is 0.0231 e. The third-order valence-electron chi connectivity index (χ3n) is 10.2. The molecule has 0 spiro atoms. The van der Waals surface area contributed by atoms with Crippen LogP contribution in [0.2, 0.25) is 0 Å². The van der Waals surface area contributed by atoms with Crippen LogP contribution < -0.4 is 0 Å². The number of benzene rings is 8. The Labute approximate surface area is 348 Å². The van der Waals surface area contributed by atoms with Crippen molar-refractivity contribution in [3.63, 3.8) is 0 Å². The van der Waals surface area contributed by atoms with Gasteiger partial charge in [0.25, 0.3) is 0 Å². The van der Waals surface area contributed by atoms with Crippen molar-refractivity contribution in [3.05, 3.63) is 216 Å². The second-order valence-corrected chi connectivity index (χ2v) is 18.2. The zero-order chi connectivity index (χ0) is 37.5. The topological polar surface area (TPSA) is 0 Å². The van der Waals surface area contributed by atoms with Crippen LogP contribution in [0.1, 0.15) is 22.3 Å². The van der Waals surface area contributed by atoms with Crippen LogP contribution in [0.3, 0.4) is 0 Å². The Morgan fingerprint density at radius 1 is 0.214 bits per heavy atom. The van der Waals surface area contributed by atoms with Crippen molar-refractivity contribution in [2.45, 2.75) is 42.6 Å². The fraction of sp³-hybridized carbons (Fsp3) is 0.0769. The molecule has 4 heteroatoms. The van der Waals surface area contributed by atoms with E-state index >= 15 is 0 Å². The fourth-order valence-corrected chi connectivity index (χ4v) is 10.4. The maximum absolute atomic E-state index is 2.29. The molecule has 10 aliphatic heterocycles. The van der Waals surface area contributed by atoms with E-state index in [2.05, 4.69) is 194 Å². The molecule has 8 aromatic carbocycles. The summed E-state index contributed by atoms with van der Waals surface area (Å²) in [6, 6.07) is 72.1. The van der Waals surface area contributed by atoms with Gasteiger partial charge in [-0.2, -0.15) is 0 Å². The minimum atomic E-state index is 0.949. The van der Waals surface area contributed by atoms with Crippen LogP contribution >= 0.6 is 47.0 Å². The van der Waals surface area contributed by atoms with Gasteiger partial charge in [-0.25, -0.2) is 0 Å². The van der Waals surface area contributed by atoms with Crippen molar-refractivity contribution in [1.29, 1.82) is 0 Å². The summed E-state index contributed by atoms with van der Waals surface area (Å²) in [5, 5.41) is 0. The number of hydrogen-bond acceptors (Lipinski definition) is 4. The molecule has 272 valence electrons. The highest BCUT2D eigenvalue weighted by Gasteiger charge is 2.11. The van der Waals surface area contributed by atoms with E-state index in [1.165, 1.54) is 86.3 Å². The summed E-state index contributed by atoms with van der Waals surface area (Å²) < 4.78 is 0. The Morgan fingerprint density at radius 3 is 0.607 bits per heavy atom. The SMILES string of the molecule is c1ccc2c(c1)-c1ccc(cc1)SCc1ccc(cc1)CSc1ccc(cc1)-c1ccccc1-c1ccc(cc1)SCc1ccc(cc1)CSc1ccc-2cc1. The lowest BCUT2D eigenvalue weighted by Crippen LogP contribution is -1.87. The minimum absolute atomic E-state index is 0.949. The third kappa shape index (κ3) is 8.90. The Kier molecular flexibility index (Phi) is 11.5. The molecule has 0 aliphatic carbocycles. The molecule has 0 saturated carbocycles. The average molecular weight is 793 g/mol. The first-order chi connectivity index (χ1) is 27.7. The normalized spacial score (nSPS) is 13.1. The maximum Gasteiger partial charge on any atom is 0.0231 e. The van der Waals surface area contributed by atoms with E-state index in [1.54, 1.807) is 0 Å². The lowest BCUT2D eigenvalue weighted by atomic mass is 9.95. The van der Waals surface area contributed by atoms with Gasteiger partial charge in [-0.3, -0.25) is 0 Å². The molecule has 12 bridgehead atoms. The molecule has 8 aromatic rings. The summed E-state index contributed by atoms with van der Waals surface area (Å²) in [6.45, 7) is 0. The lowest BCUT2D eigenvalue weighted by Gasteiger charge is -2.12. The lowest BCUT2D eigenvalue weighted by molar-refractivity contribution is 1.32. The molecular weight excluding hydrogens is 753 g/mol. The van der Waals surface area contributed by atoms with Crippen LogP contribution in [0, 0.1) is 0 Å². The molecule has 0 radical (unpaired) electrons. The Balaban J connectivity index is 0.963. The summed E-state index contributed by atoms with van der Waals surface area (Å²) in [4.78, 5) is 5.14. The van der Waals surface area contributed by atoms with E-state index in [-0.39, 0.29) is 0 Å². The molecule has 0 unspecified atom stereocenters. The van der Waals surface area contributed by atoms with Crippen LogP contribution in [0.4, 0.5) is 0 Å². The summed E-state index contributed by atoms with van der Waals surface area (Å²) in [7, 11) is 0. The standard InChI is InChI=1S/C52H40S4/c1-2-6-50-42-19-27-46(28-20-42)54-34-38-13-15-40(16-14-38)36-56-48-31-23-44(24-32-48)52-8-4-3-7-51(52)43-21-29-47(30-22-43)55-35-39-11-9-37(10-12-39)33-53-45-25-17-41(18-26-45)49(50)5-1/h1-32H,33-36H2. The number of thioether (sulfide) groups is 4. The highest BCUT2D eigenvalue weighted by atomic mass is 32.2. The van der Waals surface area contributed by atoms with Crippen molar-refractivity contribution in [3.8, 4) is 44.5 Å². The molecule has 10 aliphatic rings. The molecule has 0 nitrogen and oxygen atoms in total. The highest BCUT2D eigenvalue weighted by molar-refractivity contribution is 7.99. The first kappa shape index (κ1) is 36.8. The molecular formula is C52H40S4. The molecule has 18 rings (SSSR count). The molecule has 0 N–H and O–H groups in total. The van der Waals surface area contributed by atoms with Crippen LogP contribution in [0.5, 0.6) is 0 Å². The summed E-state index contributed by atoms with van der Waals surface area (Å²) in [6.07, 6.45) is 0. The second kappa shape index (κ2) is 17.5. The molecule has 56 heavy (non-hydrogen) atoms. The predicted octanol–water partition coefficient (Wildman–Crippen LogP) is 15.8. The molecule has 0 saturated heterocycles. The van der Waals surface area contributed by atoms with E-state index in [9.17, 15) is 0 Å². The average Bonchev–Trinajstić information content (AvgIpc) is 3.27. The van der Waals surface area contributed by atoms with E-state index in [1.807, 2.05) is 47.0 Å². The number of rotatable bonds is 0. The van der Waals surface area contributed by atoms with Gasteiger partial charge in [0.1, 0.15) is 0 Å². The number of hydrogen-bond donors (Lipinski definition) is 0. The zero-order valence-corrected chi connectivity index (χ0v) is 34.2. The molecule has 0 atom stereocenters. The predicted molar refractivity (Wildman–Crippen MR) is 246 cm³/mol. The maximum atomic E-state index is 2.29. The van der Waals surface area contributed by atoms with E-state index in [0.29, 0.717) is 0 Å². The van der Waals surface area contributed by atoms with E-state index in [0.717, 1.165) is 23.0 Å². The largest absolute Gasteiger partial charge is 0.121 e. The summed E-state index contributed by atoms with van der Waals surface area (Å²) in [5.41, 5.74) is 15.4. The van der Waals surface area contributed by atoms with E-state index in [4.69, 9.17) is 0 Å². The van der Waals surface area contributed by atoms with Gasteiger partial charge in [0.2, 0.25) is 0 Å². The van der Waals surface area contributed by atoms with Crippen LogP contribution in [0.15, 0.2) is 214 Å². The van der Waals surface area contributed by atoms with Crippen molar-refractivity contribution < 1.29 is 0 Å². The summed E-state index contributed by atoms with van der Waals surface area (Å²) >= 11 is 7.57. The van der Waals surface area contributed by atoms with Gasteiger partial charge in [-0.05, 0) is 115 Å². The van der Waals surface area contributed by atoms with Gasteiger partial charge in [0.05, 0.1) is 0 Å². The second-order valence-electron chi connectivity index (χ2n) is 14.0. The molecule has 0 aromatic heterocycles. The zero-order valence-electron chi connectivity index (χ0n) is 30.9. The Bertz CT molecular complexity index is 2160. The summed E-state index contributed by atoms with van der Waals surface area (Å²) in [5.74, 6) is 3.80. The Hall–Kier alpha value is -4.84. The minimum Gasteiger partial charge on any atom is -0.121 e. The Morgan fingerprint density at radius 2 is 0.411 bits per heavy atom. The first-order valence-corrected chi connectivity index (χ1v) is 22.9. The van der Waals surface area contributed by atoms with Gasteiger partial charge in [0.15, 0.2) is 0 Å².